The first-order valence-corrected chi connectivity index (χ1v) is 7.23. The van der Waals surface area contributed by atoms with Crippen LogP contribution in [-0.2, 0) is 0 Å². The van der Waals surface area contributed by atoms with Crippen molar-refractivity contribution in [3.63, 3.8) is 0 Å². The zero-order chi connectivity index (χ0) is 14.1. The third-order valence-electron chi connectivity index (χ3n) is 2.93. The molecule has 0 spiro atoms. The van der Waals surface area contributed by atoms with Crippen molar-refractivity contribution in [1.82, 2.24) is 19.9 Å². The van der Waals surface area contributed by atoms with Gasteiger partial charge in [-0.3, -0.25) is 0 Å². The largest absolute Gasteiger partial charge is 0.241 e. The highest BCUT2D eigenvalue weighted by Gasteiger charge is 2.12. The topological polar surface area (TPSA) is 51.6 Å². The first-order chi connectivity index (χ1) is 9.65. The molecule has 0 aliphatic rings. The van der Waals surface area contributed by atoms with Gasteiger partial charge in [0.1, 0.15) is 16.4 Å². The van der Waals surface area contributed by atoms with Crippen LogP contribution >= 0.6 is 23.4 Å². The third-order valence-corrected chi connectivity index (χ3v) is 4.31. The van der Waals surface area contributed by atoms with Gasteiger partial charge in [-0.1, -0.05) is 29.8 Å². The van der Waals surface area contributed by atoms with E-state index in [4.69, 9.17) is 11.6 Å². The zero-order valence-electron chi connectivity index (χ0n) is 11.0. The number of rotatable bonds is 2. The van der Waals surface area contributed by atoms with Crippen LogP contribution in [0.25, 0.3) is 10.9 Å². The van der Waals surface area contributed by atoms with Crippen molar-refractivity contribution >= 4 is 34.3 Å². The van der Waals surface area contributed by atoms with Crippen molar-refractivity contribution in [1.29, 1.82) is 0 Å². The van der Waals surface area contributed by atoms with Crippen molar-refractivity contribution in [2.24, 2.45) is 0 Å². The Bertz CT molecular complexity index is 786. The molecule has 2 aromatic heterocycles. The Morgan fingerprint density at radius 2 is 1.70 bits per heavy atom. The molecule has 100 valence electrons. The number of nitrogens with zero attached hydrogens (tertiary/aromatic N) is 4. The lowest BCUT2D eigenvalue weighted by atomic mass is 10.2. The van der Waals surface area contributed by atoms with E-state index in [1.807, 2.05) is 38.1 Å². The number of benzene rings is 1. The number of hydrogen-bond donors (Lipinski definition) is 0. The van der Waals surface area contributed by atoms with E-state index in [2.05, 4.69) is 19.9 Å². The van der Waals surface area contributed by atoms with Crippen molar-refractivity contribution in [2.45, 2.75) is 23.9 Å². The van der Waals surface area contributed by atoms with E-state index < -0.39 is 0 Å². The van der Waals surface area contributed by atoms with Gasteiger partial charge in [0, 0.05) is 5.39 Å². The standard InChI is InChI=1S/C14H11ClN4S/c1-8-9(2)19-14(12(15)18-8)20-13-10-5-3-4-6-11(10)16-7-17-13/h3-7H,1-2H3. The van der Waals surface area contributed by atoms with Crippen molar-refractivity contribution < 1.29 is 0 Å². The summed E-state index contributed by atoms with van der Waals surface area (Å²) in [5.74, 6) is 0. The molecule has 2 heterocycles. The van der Waals surface area contributed by atoms with E-state index in [-0.39, 0.29) is 0 Å². The summed E-state index contributed by atoms with van der Waals surface area (Å²) < 4.78 is 0. The molecule has 0 radical (unpaired) electrons. The molecule has 6 heteroatoms. The number of aryl methyl sites for hydroxylation is 2. The maximum Gasteiger partial charge on any atom is 0.161 e. The summed E-state index contributed by atoms with van der Waals surface area (Å²) in [6, 6.07) is 7.85. The van der Waals surface area contributed by atoms with Gasteiger partial charge in [0.25, 0.3) is 0 Å². The van der Waals surface area contributed by atoms with Crippen LogP contribution in [-0.4, -0.2) is 19.9 Å². The van der Waals surface area contributed by atoms with Gasteiger partial charge >= 0.3 is 0 Å². The normalized spacial score (nSPS) is 10.9. The van der Waals surface area contributed by atoms with E-state index in [1.54, 1.807) is 6.33 Å². The molecule has 1 aromatic carbocycles. The Balaban J connectivity index is 2.08. The van der Waals surface area contributed by atoms with Crippen molar-refractivity contribution in [2.75, 3.05) is 0 Å². The number of halogens is 1. The summed E-state index contributed by atoms with van der Waals surface area (Å²) in [6.07, 6.45) is 1.55. The zero-order valence-corrected chi connectivity index (χ0v) is 12.5. The average molecular weight is 303 g/mol. The lowest BCUT2D eigenvalue weighted by Crippen LogP contribution is -1.96. The Kier molecular flexibility index (Phi) is 3.54. The molecule has 20 heavy (non-hydrogen) atoms. The molecule has 0 bridgehead atoms. The summed E-state index contributed by atoms with van der Waals surface area (Å²) >= 11 is 7.57. The van der Waals surface area contributed by atoms with Gasteiger partial charge in [-0.05, 0) is 31.7 Å². The van der Waals surface area contributed by atoms with E-state index in [9.17, 15) is 0 Å². The highest BCUT2D eigenvalue weighted by atomic mass is 35.5. The van der Waals surface area contributed by atoms with Crippen molar-refractivity contribution in [3.8, 4) is 0 Å². The molecule has 0 saturated carbocycles. The molecule has 0 N–H and O–H groups in total. The fourth-order valence-corrected chi connectivity index (χ4v) is 2.94. The number of aromatic nitrogens is 4. The van der Waals surface area contributed by atoms with Crippen LogP contribution in [0.1, 0.15) is 11.4 Å². The summed E-state index contributed by atoms with van der Waals surface area (Å²) in [5.41, 5.74) is 2.61. The smallest absolute Gasteiger partial charge is 0.161 e. The van der Waals surface area contributed by atoms with Gasteiger partial charge in [-0.25, -0.2) is 19.9 Å². The van der Waals surface area contributed by atoms with Crippen LogP contribution in [0.4, 0.5) is 0 Å². The number of fused-ring (bicyclic) bond motifs is 1. The molecule has 0 fully saturated rings. The lowest BCUT2D eigenvalue weighted by molar-refractivity contribution is 0.954. The van der Waals surface area contributed by atoms with Gasteiger partial charge in [0.15, 0.2) is 5.15 Å². The molecule has 0 aliphatic carbocycles. The molecule has 4 nitrogen and oxygen atoms in total. The van der Waals surface area contributed by atoms with E-state index in [0.29, 0.717) is 10.2 Å². The minimum atomic E-state index is 0.404. The predicted molar refractivity (Wildman–Crippen MR) is 80.2 cm³/mol. The second kappa shape index (κ2) is 5.34. The van der Waals surface area contributed by atoms with Gasteiger partial charge in [0.05, 0.1) is 16.9 Å². The van der Waals surface area contributed by atoms with Crippen LogP contribution in [0.3, 0.4) is 0 Å². The predicted octanol–water partition coefficient (Wildman–Crippen LogP) is 3.84. The minimum absolute atomic E-state index is 0.404. The molecular formula is C14H11ClN4S. The van der Waals surface area contributed by atoms with E-state index >= 15 is 0 Å². The van der Waals surface area contributed by atoms with Gasteiger partial charge in [0.2, 0.25) is 0 Å². The maximum absolute atomic E-state index is 6.16. The van der Waals surface area contributed by atoms with Crippen LogP contribution in [0.15, 0.2) is 40.6 Å². The molecule has 3 rings (SSSR count). The third kappa shape index (κ3) is 2.46. The summed E-state index contributed by atoms with van der Waals surface area (Å²) in [4.78, 5) is 17.3. The molecular weight excluding hydrogens is 292 g/mol. The molecule has 3 aromatic rings. The highest BCUT2D eigenvalue weighted by molar-refractivity contribution is 7.99. The van der Waals surface area contributed by atoms with Crippen LogP contribution < -0.4 is 0 Å². The molecule has 0 atom stereocenters. The van der Waals surface area contributed by atoms with Crippen LogP contribution in [0.2, 0.25) is 5.15 Å². The van der Waals surface area contributed by atoms with Crippen LogP contribution in [0, 0.1) is 13.8 Å². The molecule has 0 amide bonds. The Morgan fingerprint density at radius 1 is 0.950 bits per heavy atom. The fourth-order valence-electron chi connectivity index (χ4n) is 1.77. The number of hydrogen-bond acceptors (Lipinski definition) is 5. The Hall–Kier alpha value is -1.72. The average Bonchev–Trinajstić information content (AvgIpc) is 2.45. The van der Waals surface area contributed by atoms with E-state index in [1.165, 1.54) is 11.8 Å². The fraction of sp³-hybridized carbons (Fsp3) is 0.143. The first kappa shape index (κ1) is 13.3. The highest BCUT2D eigenvalue weighted by Crippen LogP contribution is 2.33. The quantitative estimate of drug-likeness (QED) is 0.673. The lowest BCUT2D eigenvalue weighted by Gasteiger charge is -2.07. The summed E-state index contributed by atoms with van der Waals surface area (Å²) in [5, 5.41) is 2.88. The molecule has 0 unspecified atom stereocenters. The van der Waals surface area contributed by atoms with Gasteiger partial charge in [-0.15, -0.1) is 0 Å². The van der Waals surface area contributed by atoms with E-state index in [0.717, 1.165) is 27.3 Å². The van der Waals surface area contributed by atoms with Crippen LogP contribution in [0.5, 0.6) is 0 Å². The Labute approximate surface area is 125 Å². The minimum Gasteiger partial charge on any atom is -0.241 e. The second-order valence-corrected chi connectivity index (χ2v) is 5.62. The first-order valence-electron chi connectivity index (χ1n) is 6.03. The monoisotopic (exact) mass is 302 g/mol. The van der Waals surface area contributed by atoms with Gasteiger partial charge in [-0.2, -0.15) is 0 Å². The SMILES string of the molecule is Cc1nc(Cl)c(Sc2ncnc3ccccc23)nc1C. The van der Waals surface area contributed by atoms with Crippen molar-refractivity contribution in [3.05, 3.63) is 47.1 Å². The molecule has 0 aliphatic heterocycles. The van der Waals surface area contributed by atoms with Gasteiger partial charge < -0.3 is 0 Å². The Morgan fingerprint density at radius 3 is 2.55 bits per heavy atom. The second-order valence-electron chi connectivity index (χ2n) is 4.29. The summed E-state index contributed by atoms with van der Waals surface area (Å²) in [6.45, 7) is 3.81. The maximum atomic E-state index is 6.16. The number of para-hydroxylation sites is 1. The summed E-state index contributed by atoms with van der Waals surface area (Å²) in [7, 11) is 0. The molecule has 0 saturated heterocycles.